The van der Waals surface area contributed by atoms with Crippen LogP contribution in [-0.4, -0.2) is 43.7 Å². The van der Waals surface area contributed by atoms with Gasteiger partial charge in [-0.05, 0) is 94.2 Å². The molecule has 1 heterocycles. The lowest BCUT2D eigenvalue weighted by atomic mass is 10.1. The van der Waals surface area contributed by atoms with Crippen molar-refractivity contribution in [1.29, 1.82) is 0 Å². The van der Waals surface area contributed by atoms with Gasteiger partial charge in [0.05, 0.1) is 19.6 Å². The molecule has 5 nitrogen and oxygen atoms in total. The first-order valence-corrected chi connectivity index (χ1v) is 11.1. The Bertz CT molecular complexity index is 729. The number of aryl methyl sites for hydroxylation is 1. The van der Waals surface area contributed by atoms with Gasteiger partial charge in [0, 0.05) is 5.02 Å². The van der Waals surface area contributed by atoms with Crippen molar-refractivity contribution in [2.45, 2.75) is 39.0 Å². The fourth-order valence-corrected chi connectivity index (χ4v) is 3.36. The standard InChI is InChI=1S/C13H18ClN.C11H15NO3/c14-13-7-5-12(6-8-13)4-3-11-15-9-1-2-10-15;1-2-14-9-3-5-10(6-4-9)15-8-7-11(12)13/h5-8H,1-4,9-11H2;3-6H,2,7-8H2,1H3,(H2,12,13). The highest BCUT2D eigenvalue weighted by molar-refractivity contribution is 6.30. The summed E-state index contributed by atoms with van der Waals surface area (Å²) in [5, 5.41) is 0.832. The minimum atomic E-state index is -0.360. The molecule has 2 N–H and O–H groups in total. The minimum Gasteiger partial charge on any atom is -0.494 e. The number of ether oxygens (including phenoxy) is 2. The molecule has 164 valence electrons. The van der Waals surface area contributed by atoms with Crippen LogP contribution in [0.2, 0.25) is 5.02 Å². The molecule has 1 amide bonds. The van der Waals surface area contributed by atoms with E-state index in [0.717, 1.165) is 10.8 Å². The van der Waals surface area contributed by atoms with E-state index in [1.807, 2.05) is 31.2 Å². The van der Waals surface area contributed by atoms with Crippen molar-refractivity contribution in [1.82, 2.24) is 4.90 Å². The Kier molecular flexibility index (Phi) is 11.1. The lowest BCUT2D eigenvalue weighted by molar-refractivity contribution is -0.118. The third-order valence-electron chi connectivity index (χ3n) is 4.80. The van der Waals surface area contributed by atoms with Gasteiger partial charge in [0.25, 0.3) is 0 Å². The van der Waals surface area contributed by atoms with Crippen LogP contribution in [0.15, 0.2) is 48.5 Å². The van der Waals surface area contributed by atoms with Crippen LogP contribution in [0.4, 0.5) is 0 Å². The van der Waals surface area contributed by atoms with Crippen molar-refractivity contribution in [3.63, 3.8) is 0 Å². The summed E-state index contributed by atoms with van der Waals surface area (Å²) < 4.78 is 10.6. The Morgan fingerprint density at radius 1 is 1.00 bits per heavy atom. The first-order valence-electron chi connectivity index (χ1n) is 10.7. The van der Waals surface area contributed by atoms with E-state index < -0.39 is 0 Å². The molecule has 1 aliphatic heterocycles. The topological polar surface area (TPSA) is 64.8 Å². The van der Waals surface area contributed by atoms with Gasteiger partial charge >= 0.3 is 0 Å². The minimum absolute atomic E-state index is 0.229. The average molecular weight is 433 g/mol. The van der Waals surface area contributed by atoms with Gasteiger partial charge in [-0.25, -0.2) is 0 Å². The Morgan fingerprint density at radius 3 is 2.17 bits per heavy atom. The summed E-state index contributed by atoms with van der Waals surface area (Å²) in [7, 11) is 0. The summed E-state index contributed by atoms with van der Waals surface area (Å²) in [6.45, 7) is 6.74. The summed E-state index contributed by atoms with van der Waals surface area (Å²) in [4.78, 5) is 13.0. The lowest BCUT2D eigenvalue weighted by Gasteiger charge is -2.13. The molecule has 0 spiro atoms. The molecule has 0 unspecified atom stereocenters. The van der Waals surface area contributed by atoms with Crippen LogP contribution in [0.1, 0.15) is 38.2 Å². The molecule has 0 bridgehead atoms. The molecule has 0 radical (unpaired) electrons. The predicted molar refractivity (Wildman–Crippen MR) is 122 cm³/mol. The number of nitrogens with zero attached hydrogens (tertiary/aromatic N) is 1. The van der Waals surface area contributed by atoms with Crippen LogP contribution in [0.5, 0.6) is 11.5 Å². The van der Waals surface area contributed by atoms with E-state index in [1.165, 1.54) is 50.9 Å². The number of rotatable bonds is 10. The smallest absolute Gasteiger partial charge is 0.220 e. The number of amides is 1. The van der Waals surface area contributed by atoms with Crippen molar-refractivity contribution in [2.75, 3.05) is 32.8 Å². The van der Waals surface area contributed by atoms with Crippen LogP contribution in [0.25, 0.3) is 0 Å². The number of halogens is 1. The maximum absolute atomic E-state index is 10.5. The molecule has 1 aliphatic rings. The van der Waals surface area contributed by atoms with E-state index in [-0.39, 0.29) is 12.3 Å². The van der Waals surface area contributed by atoms with Crippen molar-refractivity contribution in [3.05, 3.63) is 59.1 Å². The lowest BCUT2D eigenvalue weighted by Crippen LogP contribution is -2.20. The van der Waals surface area contributed by atoms with E-state index in [4.69, 9.17) is 26.8 Å². The highest BCUT2D eigenvalue weighted by Gasteiger charge is 2.10. The van der Waals surface area contributed by atoms with Crippen LogP contribution in [-0.2, 0) is 11.2 Å². The third kappa shape index (κ3) is 9.99. The monoisotopic (exact) mass is 432 g/mol. The first-order chi connectivity index (χ1) is 14.6. The van der Waals surface area contributed by atoms with Gasteiger partial charge in [-0.15, -0.1) is 0 Å². The SMILES string of the molecule is CCOc1ccc(OCCC(N)=O)cc1.Clc1ccc(CCCN2CCCC2)cc1. The van der Waals surface area contributed by atoms with Gasteiger partial charge in [0.2, 0.25) is 5.91 Å². The zero-order chi connectivity index (χ0) is 21.6. The molecule has 2 aromatic carbocycles. The highest BCUT2D eigenvalue weighted by Crippen LogP contribution is 2.17. The Labute approximate surface area is 185 Å². The molecule has 0 atom stereocenters. The fourth-order valence-electron chi connectivity index (χ4n) is 3.23. The number of carbonyl (C=O) groups is 1. The van der Waals surface area contributed by atoms with E-state index >= 15 is 0 Å². The maximum Gasteiger partial charge on any atom is 0.220 e. The van der Waals surface area contributed by atoms with Gasteiger partial charge < -0.3 is 20.1 Å². The Balaban J connectivity index is 0.000000214. The third-order valence-corrected chi connectivity index (χ3v) is 5.06. The van der Waals surface area contributed by atoms with Crippen LogP contribution < -0.4 is 15.2 Å². The normalized spacial score (nSPS) is 13.4. The molecule has 0 saturated carbocycles. The number of benzene rings is 2. The van der Waals surface area contributed by atoms with Gasteiger partial charge in [0.15, 0.2) is 0 Å². The number of hydrogen-bond acceptors (Lipinski definition) is 4. The van der Waals surface area contributed by atoms with Crippen LogP contribution in [0.3, 0.4) is 0 Å². The number of nitrogens with two attached hydrogens (primary N) is 1. The number of primary amides is 1. The summed E-state index contributed by atoms with van der Waals surface area (Å²) >= 11 is 5.84. The molecule has 0 aliphatic carbocycles. The molecule has 1 fully saturated rings. The second-order valence-corrected chi connectivity index (χ2v) is 7.68. The molecule has 2 aromatic rings. The largest absolute Gasteiger partial charge is 0.494 e. The number of likely N-dealkylation sites (tertiary alicyclic amines) is 1. The molecule has 3 rings (SSSR count). The molecule has 1 saturated heterocycles. The second kappa shape index (κ2) is 13.9. The predicted octanol–water partition coefficient (Wildman–Crippen LogP) is 4.71. The Morgan fingerprint density at radius 2 is 1.60 bits per heavy atom. The van der Waals surface area contributed by atoms with E-state index in [1.54, 1.807) is 12.1 Å². The molecule has 0 aromatic heterocycles. The van der Waals surface area contributed by atoms with Gasteiger partial charge in [-0.1, -0.05) is 23.7 Å². The van der Waals surface area contributed by atoms with Gasteiger partial charge in [0.1, 0.15) is 11.5 Å². The fraction of sp³-hybridized carbons (Fsp3) is 0.458. The number of hydrogen-bond donors (Lipinski definition) is 1. The van der Waals surface area contributed by atoms with Crippen molar-refractivity contribution in [3.8, 4) is 11.5 Å². The molecule has 6 heteroatoms. The van der Waals surface area contributed by atoms with E-state index in [2.05, 4.69) is 17.0 Å². The zero-order valence-corrected chi connectivity index (χ0v) is 18.6. The van der Waals surface area contributed by atoms with Crippen LogP contribution >= 0.6 is 11.6 Å². The van der Waals surface area contributed by atoms with Crippen molar-refractivity contribution < 1.29 is 14.3 Å². The first kappa shape index (κ1) is 24.0. The van der Waals surface area contributed by atoms with Gasteiger partial charge in [-0.3, -0.25) is 4.79 Å². The van der Waals surface area contributed by atoms with E-state index in [0.29, 0.717) is 19.0 Å². The second-order valence-electron chi connectivity index (χ2n) is 7.25. The Hall–Kier alpha value is -2.24. The summed E-state index contributed by atoms with van der Waals surface area (Å²) in [6.07, 6.45) is 5.45. The van der Waals surface area contributed by atoms with E-state index in [9.17, 15) is 4.79 Å². The molecule has 30 heavy (non-hydrogen) atoms. The average Bonchev–Trinajstić information content (AvgIpc) is 3.25. The highest BCUT2D eigenvalue weighted by atomic mass is 35.5. The number of carbonyl (C=O) groups excluding carboxylic acids is 1. The van der Waals surface area contributed by atoms with Crippen LogP contribution in [0, 0.1) is 0 Å². The quantitative estimate of drug-likeness (QED) is 0.590. The molecular weight excluding hydrogens is 400 g/mol. The maximum atomic E-state index is 10.5. The summed E-state index contributed by atoms with van der Waals surface area (Å²) in [5.74, 6) is 1.15. The zero-order valence-electron chi connectivity index (χ0n) is 17.8. The summed E-state index contributed by atoms with van der Waals surface area (Å²) in [6, 6.07) is 15.5. The van der Waals surface area contributed by atoms with Crippen molar-refractivity contribution >= 4 is 17.5 Å². The summed E-state index contributed by atoms with van der Waals surface area (Å²) in [5.41, 5.74) is 6.38. The van der Waals surface area contributed by atoms with Crippen molar-refractivity contribution in [2.24, 2.45) is 5.73 Å². The molecular formula is C24H33ClN2O3. The van der Waals surface area contributed by atoms with Gasteiger partial charge in [-0.2, -0.15) is 0 Å².